The number of aromatic hydroxyl groups is 1. The molecule has 0 spiro atoms. The molecule has 1 aromatic rings. The summed E-state index contributed by atoms with van der Waals surface area (Å²) in [6.45, 7) is 6.46. The Morgan fingerprint density at radius 2 is 1.93 bits per heavy atom. The molecule has 0 atom stereocenters. The monoisotopic (exact) mass is 213 g/mol. The van der Waals surface area contributed by atoms with E-state index in [2.05, 4.69) is 11.9 Å². The molecule has 0 amide bonds. The van der Waals surface area contributed by atoms with E-state index in [4.69, 9.17) is 5.11 Å². The van der Waals surface area contributed by atoms with Gasteiger partial charge in [-0.05, 0) is 24.6 Å². The molecule has 0 heterocycles. The number of phenols is 1. The lowest BCUT2D eigenvalue weighted by Gasteiger charge is -2.06. The molecule has 0 fully saturated rings. The molecule has 15 heavy (non-hydrogen) atoms. The third kappa shape index (κ3) is 3.32. The van der Waals surface area contributed by atoms with E-state index in [1.165, 1.54) is 0 Å². The molecule has 0 saturated heterocycles. The van der Waals surface area contributed by atoms with Crippen molar-refractivity contribution in [2.24, 2.45) is 0 Å². The lowest BCUT2D eigenvalue weighted by atomic mass is 10.2. The maximum Gasteiger partial charge on any atom is 0.187 e. The molecule has 1 aromatic carbocycles. The van der Waals surface area contributed by atoms with E-state index in [9.17, 15) is 8.78 Å². The first kappa shape index (κ1) is 11.7. The molecule has 0 aliphatic rings. The predicted molar refractivity (Wildman–Crippen MR) is 54.5 cm³/mol. The molecule has 0 bridgehead atoms. The van der Waals surface area contributed by atoms with Gasteiger partial charge in [0.15, 0.2) is 17.4 Å². The van der Waals surface area contributed by atoms with Gasteiger partial charge in [0.25, 0.3) is 0 Å². The molecule has 4 heteroatoms. The van der Waals surface area contributed by atoms with Crippen LogP contribution in [-0.2, 0) is 6.54 Å². The normalized spacial score (nSPS) is 10.3. The van der Waals surface area contributed by atoms with Gasteiger partial charge >= 0.3 is 0 Å². The van der Waals surface area contributed by atoms with Gasteiger partial charge in [0.05, 0.1) is 0 Å². The van der Waals surface area contributed by atoms with Crippen molar-refractivity contribution in [1.82, 2.24) is 5.32 Å². The van der Waals surface area contributed by atoms with Gasteiger partial charge in [-0.3, -0.25) is 0 Å². The number of hydrogen-bond acceptors (Lipinski definition) is 2. The summed E-state index contributed by atoms with van der Waals surface area (Å²) in [7, 11) is 0. The second-order valence-corrected chi connectivity index (χ2v) is 3.47. The van der Waals surface area contributed by atoms with Crippen LogP contribution in [0.5, 0.6) is 5.75 Å². The van der Waals surface area contributed by atoms with Gasteiger partial charge in [-0.2, -0.15) is 0 Å². The number of hydrogen-bond donors (Lipinski definition) is 2. The molecule has 0 aliphatic carbocycles. The van der Waals surface area contributed by atoms with Gasteiger partial charge in [0.1, 0.15) is 0 Å². The summed E-state index contributed by atoms with van der Waals surface area (Å²) in [5.41, 5.74) is 1.39. The fourth-order valence-corrected chi connectivity index (χ4v) is 1.14. The Bertz CT molecular complexity index is 354. The molecule has 0 aromatic heterocycles. The van der Waals surface area contributed by atoms with Crippen LogP contribution < -0.4 is 5.32 Å². The van der Waals surface area contributed by atoms with Crippen molar-refractivity contribution < 1.29 is 13.9 Å². The van der Waals surface area contributed by atoms with Gasteiger partial charge in [0, 0.05) is 13.1 Å². The van der Waals surface area contributed by atoms with E-state index in [1.807, 2.05) is 6.92 Å². The first-order valence-corrected chi connectivity index (χ1v) is 4.52. The lowest BCUT2D eigenvalue weighted by Crippen LogP contribution is -2.15. The zero-order chi connectivity index (χ0) is 11.4. The van der Waals surface area contributed by atoms with E-state index in [0.29, 0.717) is 18.7 Å². The average Bonchev–Trinajstić information content (AvgIpc) is 2.13. The zero-order valence-corrected chi connectivity index (χ0v) is 8.48. The predicted octanol–water partition coefficient (Wildman–Crippen LogP) is 2.34. The van der Waals surface area contributed by atoms with Crippen LogP contribution in [0.25, 0.3) is 0 Å². The Balaban J connectivity index is 2.66. The van der Waals surface area contributed by atoms with Crippen LogP contribution in [0.1, 0.15) is 12.5 Å². The summed E-state index contributed by atoms with van der Waals surface area (Å²) in [5.74, 6) is -2.82. The minimum Gasteiger partial charge on any atom is -0.503 e. The Kier molecular flexibility index (Phi) is 3.80. The molecular formula is C11H13F2NO. The molecule has 82 valence electrons. The van der Waals surface area contributed by atoms with Crippen LogP contribution in [0.2, 0.25) is 0 Å². The summed E-state index contributed by atoms with van der Waals surface area (Å²) in [6.07, 6.45) is 0. The molecule has 2 N–H and O–H groups in total. The third-order valence-corrected chi connectivity index (χ3v) is 1.83. The van der Waals surface area contributed by atoms with E-state index >= 15 is 0 Å². The van der Waals surface area contributed by atoms with Crippen LogP contribution in [0.3, 0.4) is 0 Å². The van der Waals surface area contributed by atoms with E-state index in [-0.39, 0.29) is 0 Å². The number of nitrogens with one attached hydrogen (secondary N) is 1. The summed E-state index contributed by atoms with van der Waals surface area (Å²) < 4.78 is 25.8. The Hall–Kier alpha value is -1.42. The third-order valence-electron chi connectivity index (χ3n) is 1.83. The Morgan fingerprint density at radius 3 is 2.40 bits per heavy atom. The number of benzene rings is 1. The summed E-state index contributed by atoms with van der Waals surface area (Å²) >= 11 is 0. The number of phenolic OH excluding ortho intramolecular Hbond substituents is 1. The minimum absolute atomic E-state index is 0.334. The second-order valence-electron chi connectivity index (χ2n) is 3.47. The molecule has 1 rings (SSSR count). The summed E-state index contributed by atoms with van der Waals surface area (Å²) in [6, 6.07) is 2.20. The van der Waals surface area contributed by atoms with Crippen LogP contribution in [-0.4, -0.2) is 11.7 Å². The van der Waals surface area contributed by atoms with Crippen molar-refractivity contribution in [1.29, 1.82) is 0 Å². The van der Waals surface area contributed by atoms with E-state index in [1.54, 1.807) is 0 Å². The topological polar surface area (TPSA) is 32.3 Å². The maximum absolute atomic E-state index is 12.9. The van der Waals surface area contributed by atoms with Crippen molar-refractivity contribution in [2.45, 2.75) is 13.5 Å². The van der Waals surface area contributed by atoms with Gasteiger partial charge in [-0.25, -0.2) is 8.78 Å². The van der Waals surface area contributed by atoms with Crippen LogP contribution >= 0.6 is 0 Å². The van der Waals surface area contributed by atoms with Crippen molar-refractivity contribution in [2.75, 3.05) is 6.54 Å². The smallest absolute Gasteiger partial charge is 0.187 e. The lowest BCUT2D eigenvalue weighted by molar-refractivity contribution is 0.395. The standard InChI is InChI=1S/C11H13F2NO/c1-7(2)5-14-6-8-3-9(12)11(15)10(13)4-8/h3-4,14-15H,1,5-6H2,2H3. The van der Waals surface area contributed by atoms with Crippen LogP contribution in [0, 0.1) is 11.6 Å². The SMILES string of the molecule is C=C(C)CNCc1cc(F)c(O)c(F)c1. The molecule has 2 nitrogen and oxygen atoms in total. The number of rotatable bonds is 4. The molecule has 0 aliphatic heterocycles. The van der Waals surface area contributed by atoms with Gasteiger partial charge in [0.2, 0.25) is 0 Å². The van der Waals surface area contributed by atoms with Crippen LogP contribution in [0.4, 0.5) is 8.78 Å². The molecular weight excluding hydrogens is 200 g/mol. The molecule has 0 unspecified atom stereocenters. The van der Waals surface area contributed by atoms with Gasteiger partial charge in [-0.15, -0.1) is 0 Å². The first-order chi connectivity index (χ1) is 7.00. The Labute approximate surface area is 87.2 Å². The Morgan fingerprint density at radius 1 is 1.40 bits per heavy atom. The van der Waals surface area contributed by atoms with Crippen molar-refractivity contribution in [3.63, 3.8) is 0 Å². The summed E-state index contributed by atoms with van der Waals surface area (Å²) in [4.78, 5) is 0. The van der Waals surface area contributed by atoms with E-state index < -0.39 is 17.4 Å². The molecule has 0 saturated carbocycles. The highest BCUT2D eigenvalue weighted by molar-refractivity contribution is 5.29. The van der Waals surface area contributed by atoms with Crippen molar-refractivity contribution in [3.8, 4) is 5.75 Å². The highest BCUT2D eigenvalue weighted by Crippen LogP contribution is 2.21. The van der Waals surface area contributed by atoms with E-state index in [0.717, 1.165) is 17.7 Å². The first-order valence-electron chi connectivity index (χ1n) is 4.52. The number of halogens is 2. The second kappa shape index (κ2) is 4.89. The van der Waals surface area contributed by atoms with Crippen molar-refractivity contribution in [3.05, 3.63) is 41.5 Å². The zero-order valence-electron chi connectivity index (χ0n) is 8.48. The van der Waals surface area contributed by atoms with Gasteiger partial charge in [-0.1, -0.05) is 12.2 Å². The van der Waals surface area contributed by atoms with Gasteiger partial charge < -0.3 is 10.4 Å². The van der Waals surface area contributed by atoms with Crippen LogP contribution in [0.15, 0.2) is 24.3 Å². The fraction of sp³-hybridized carbons (Fsp3) is 0.273. The fourth-order valence-electron chi connectivity index (χ4n) is 1.14. The summed E-state index contributed by atoms with van der Waals surface area (Å²) in [5, 5.41) is 11.8. The largest absolute Gasteiger partial charge is 0.503 e. The minimum atomic E-state index is -0.942. The maximum atomic E-state index is 12.9. The average molecular weight is 213 g/mol. The highest BCUT2D eigenvalue weighted by atomic mass is 19.1. The van der Waals surface area contributed by atoms with Crippen molar-refractivity contribution >= 4 is 0 Å². The molecule has 0 radical (unpaired) electrons. The highest BCUT2D eigenvalue weighted by Gasteiger charge is 2.08. The quantitative estimate of drug-likeness (QED) is 0.752.